The lowest BCUT2D eigenvalue weighted by atomic mass is 10.1. The van der Waals surface area contributed by atoms with Crippen LogP contribution in [0.15, 0.2) is 71.8 Å². The van der Waals surface area contributed by atoms with E-state index in [0.717, 1.165) is 65.1 Å². The van der Waals surface area contributed by atoms with Crippen LogP contribution in [0.4, 0.5) is 5.82 Å². The molecule has 10 nitrogen and oxygen atoms in total. The normalized spacial score (nSPS) is 17.7. The molecule has 0 saturated carbocycles. The first-order valence-corrected chi connectivity index (χ1v) is 15.9. The Kier molecular flexibility index (Phi) is 8.75. The summed E-state index contributed by atoms with van der Waals surface area (Å²) in [5, 5.41) is 0.898. The molecule has 1 saturated heterocycles. The van der Waals surface area contributed by atoms with Gasteiger partial charge in [-0.3, -0.25) is 4.18 Å². The van der Waals surface area contributed by atoms with E-state index in [1.165, 1.54) is 12.1 Å². The third-order valence-corrected chi connectivity index (χ3v) is 8.77. The van der Waals surface area contributed by atoms with Crippen LogP contribution in [0.5, 0.6) is 11.5 Å². The molecule has 4 aromatic rings. The number of aromatic nitrogens is 2. The van der Waals surface area contributed by atoms with Crippen LogP contribution in [0.2, 0.25) is 0 Å². The molecular weight excluding hydrogens is 570 g/mol. The number of likely N-dealkylation sites (N-methyl/N-ethyl adjacent to an activating group) is 1. The van der Waals surface area contributed by atoms with Gasteiger partial charge in [-0.05, 0) is 68.7 Å². The highest BCUT2D eigenvalue weighted by atomic mass is 32.2. The molecule has 2 aliphatic heterocycles. The molecule has 2 aromatic heterocycles. The second-order valence-corrected chi connectivity index (χ2v) is 12.4. The van der Waals surface area contributed by atoms with Crippen LogP contribution in [-0.2, 0) is 23.8 Å². The number of rotatable bonds is 10. The zero-order valence-corrected chi connectivity index (χ0v) is 25.1. The van der Waals surface area contributed by atoms with Crippen molar-refractivity contribution in [1.82, 2.24) is 9.97 Å². The average Bonchev–Trinajstić information content (AvgIpc) is 3.02. The molecule has 226 valence electrons. The zero-order valence-electron chi connectivity index (χ0n) is 24.3. The van der Waals surface area contributed by atoms with E-state index in [1.54, 1.807) is 12.1 Å². The van der Waals surface area contributed by atoms with Gasteiger partial charge in [-0.15, -0.1) is 0 Å². The van der Waals surface area contributed by atoms with Crippen molar-refractivity contribution in [3.63, 3.8) is 0 Å². The van der Waals surface area contributed by atoms with E-state index in [4.69, 9.17) is 28.1 Å². The van der Waals surface area contributed by atoms with Crippen molar-refractivity contribution in [3.8, 4) is 22.8 Å². The molecule has 1 fully saturated rings. The van der Waals surface area contributed by atoms with Gasteiger partial charge in [-0.2, -0.15) is 8.42 Å². The Morgan fingerprint density at radius 2 is 1.88 bits per heavy atom. The molecule has 6 rings (SSSR count). The predicted molar refractivity (Wildman–Crippen MR) is 162 cm³/mol. The van der Waals surface area contributed by atoms with Gasteiger partial charge in [0.05, 0.1) is 29.3 Å². The molecule has 2 aromatic carbocycles. The summed E-state index contributed by atoms with van der Waals surface area (Å²) in [5.41, 5.74) is 3.43. The fourth-order valence-corrected chi connectivity index (χ4v) is 5.95. The third-order valence-electron chi connectivity index (χ3n) is 7.47. The first-order chi connectivity index (χ1) is 20.8. The van der Waals surface area contributed by atoms with E-state index in [1.807, 2.05) is 56.6 Å². The molecule has 0 radical (unpaired) electrons. The second kappa shape index (κ2) is 12.8. The number of hydrogen-bond donors (Lipinski definition) is 0. The van der Waals surface area contributed by atoms with Crippen LogP contribution in [0, 0.1) is 6.92 Å². The van der Waals surface area contributed by atoms with Gasteiger partial charge in [-0.25, -0.2) is 9.97 Å². The fraction of sp³-hybridized carbons (Fsp3) is 0.375. The van der Waals surface area contributed by atoms with Crippen molar-refractivity contribution in [2.24, 2.45) is 0 Å². The van der Waals surface area contributed by atoms with Gasteiger partial charge in [0, 0.05) is 30.8 Å². The third kappa shape index (κ3) is 7.07. The monoisotopic (exact) mass is 605 g/mol. The van der Waals surface area contributed by atoms with Crippen LogP contribution in [0.3, 0.4) is 0 Å². The molecule has 2 unspecified atom stereocenters. The summed E-state index contributed by atoms with van der Waals surface area (Å²) >= 11 is 0. The molecule has 2 atom stereocenters. The summed E-state index contributed by atoms with van der Waals surface area (Å²) < 4.78 is 54.7. The highest BCUT2D eigenvalue weighted by Crippen LogP contribution is 2.33. The number of nitrogens with zero attached hydrogens (tertiary/aromatic N) is 3. The summed E-state index contributed by atoms with van der Waals surface area (Å²) in [7, 11) is -1.96. The summed E-state index contributed by atoms with van der Waals surface area (Å²) in [6.45, 7) is 3.80. The maximum atomic E-state index is 12.8. The minimum atomic E-state index is -3.96. The molecule has 11 heteroatoms. The minimum absolute atomic E-state index is 0.0789. The number of ether oxygens (including phenoxy) is 4. The van der Waals surface area contributed by atoms with E-state index in [0.29, 0.717) is 19.0 Å². The molecule has 0 aliphatic carbocycles. The summed E-state index contributed by atoms with van der Waals surface area (Å²) in [6.07, 6.45) is 3.39. The molecule has 43 heavy (non-hydrogen) atoms. The largest absolute Gasteiger partial charge is 0.491 e. The Morgan fingerprint density at radius 3 is 2.70 bits per heavy atom. The van der Waals surface area contributed by atoms with E-state index in [2.05, 4.69) is 9.88 Å². The van der Waals surface area contributed by atoms with Crippen molar-refractivity contribution < 1.29 is 31.5 Å². The lowest BCUT2D eigenvalue weighted by Gasteiger charge is -2.27. The summed E-state index contributed by atoms with van der Waals surface area (Å²) in [5.74, 6) is 2.18. The minimum Gasteiger partial charge on any atom is -0.491 e. The topological polar surface area (TPSA) is 109 Å². The summed E-state index contributed by atoms with van der Waals surface area (Å²) in [4.78, 5) is 11.6. The number of pyridine rings is 2. The molecule has 0 spiro atoms. The maximum absolute atomic E-state index is 12.8. The Morgan fingerprint density at radius 1 is 1.02 bits per heavy atom. The van der Waals surface area contributed by atoms with Gasteiger partial charge < -0.3 is 23.8 Å². The molecule has 2 aliphatic rings. The quantitative estimate of drug-likeness (QED) is 0.226. The fourth-order valence-electron chi connectivity index (χ4n) is 5.01. The van der Waals surface area contributed by atoms with Gasteiger partial charge in [0.25, 0.3) is 10.1 Å². The van der Waals surface area contributed by atoms with Crippen LogP contribution in [0.25, 0.3) is 22.2 Å². The smallest absolute Gasteiger partial charge is 0.297 e. The van der Waals surface area contributed by atoms with Gasteiger partial charge in [-0.1, -0.05) is 23.8 Å². The standard InChI is InChI=1S/C32H35N3O7S/c1-22-6-10-27(11-7-22)43(36,37)41-21-26(42-31-5-3-4-15-39-31)20-40-25-9-13-28-23(17-25)8-12-29(34-28)24-18-30-32(33-19-24)35(2)14-16-38-30/h6-13,17-19,26,31H,3-5,14-16,20-21H2,1-2H3. The molecule has 4 heterocycles. The number of anilines is 1. The van der Waals surface area contributed by atoms with Gasteiger partial charge in [0.15, 0.2) is 17.9 Å². The Balaban J connectivity index is 1.14. The maximum Gasteiger partial charge on any atom is 0.297 e. The van der Waals surface area contributed by atoms with Crippen LogP contribution in [-0.4, -0.2) is 70.8 Å². The SMILES string of the molecule is Cc1ccc(S(=O)(=O)OCC(COc2ccc3nc(-c4cnc5c(c4)OCCN5C)ccc3c2)OC2CCCCO2)cc1. The van der Waals surface area contributed by atoms with Gasteiger partial charge in [0.1, 0.15) is 25.1 Å². The van der Waals surface area contributed by atoms with Crippen molar-refractivity contribution in [3.05, 3.63) is 72.4 Å². The Bertz CT molecular complexity index is 1670. The van der Waals surface area contributed by atoms with Crippen LogP contribution >= 0.6 is 0 Å². The van der Waals surface area contributed by atoms with Crippen molar-refractivity contribution in [2.45, 2.75) is 43.5 Å². The molecule has 0 N–H and O–H groups in total. The molecule has 0 amide bonds. The van der Waals surface area contributed by atoms with Gasteiger partial charge in [0.2, 0.25) is 0 Å². The van der Waals surface area contributed by atoms with Crippen molar-refractivity contribution in [2.75, 3.05) is 44.9 Å². The summed E-state index contributed by atoms with van der Waals surface area (Å²) in [6, 6.07) is 18.1. The Labute approximate surface area is 251 Å². The number of benzene rings is 2. The predicted octanol–water partition coefficient (Wildman–Crippen LogP) is 5.13. The highest BCUT2D eigenvalue weighted by molar-refractivity contribution is 7.86. The molecular formula is C32H35N3O7S. The first-order valence-electron chi connectivity index (χ1n) is 14.5. The Hall–Kier alpha value is -3.77. The van der Waals surface area contributed by atoms with E-state index >= 15 is 0 Å². The van der Waals surface area contributed by atoms with E-state index in [-0.39, 0.29) is 18.1 Å². The first kappa shape index (κ1) is 29.3. The van der Waals surface area contributed by atoms with Gasteiger partial charge >= 0.3 is 0 Å². The van der Waals surface area contributed by atoms with E-state index < -0.39 is 22.5 Å². The lowest BCUT2D eigenvalue weighted by molar-refractivity contribution is -0.198. The van der Waals surface area contributed by atoms with Crippen molar-refractivity contribution >= 4 is 26.8 Å². The highest BCUT2D eigenvalue weighted by Gasteiger charge is 2.24. The molecule has 0 bridgehead atoms. The lowest BCUT2D eigenvalue weighted by Crippen LogP contribution is -2.35. The number of fused-ring (bicyclic) bond motifs is 2. The van der Waals surface area contributed by atoms with Crippen molar-refractivity contribution in [1.29, 1.82) is 0 Å². The number of hydrogen-bond acceptors (Lipinski definition) is 10. The number of aryl methyl sites for hydroxylation is 1. The average molecular weight is 606 g/mol. The zero-order chi connectivity index (χ0) is 29.8. The second-order valence-electron chi connectivity index (χ2n) is 10.8. The van der Waals surface area contributed by atoms with E-state index in [9.17, 15) is 8.42 Å². The van der Waals surface area contributed by atoms with Crippen LogP contribution in [0.1, 0.15) is 24.8 Å². The van der Waals surface area contributed by atoms with Crippen LogP contribution < -0.4 is 14.4 Å².